The van der Waals surface area contributed by atoms with Crippen molar-refractivity contribution in [1.82, 2.24) is 5.32 Å². The quantitative estimate of drug-likeness (QED) is 0.809. The Morgan fingerprint density at radius 2 is 2.06 bits per heavy atom. The van der Waals surface area contributed by atoms with E-state index in [-0.39, 0.29) is 18.6 Å². The average Bonchev–Trinajstić information content (AvgIpc) is 2.36. The molecule has 1 N–H and O–H groups in total. The Morgan fingerprint density at radius 1 is 1.41 bits per heavy atom. The van der Waals surface area contributed by atoms with Gasteiger partial charge in [-0.2, -0.15) is 0 Å². The highest BCUT2D eigenvalue weighted by atomic mass is 16.5. The van der Waals surface area contributed by atoms with Crippen LogP contribution in [-0.2, 0) is 9.53 Å². The molecule has 0 unspecified atom stereocenters. The minimum Gasteiger partial charge on any atom is -0.375 e. The molecule has 0 saturated carbocycles. The summed E-state index contributed by atoms with van der Waals surface area (Å²) in [6.07, 6.45) is 0. The topological polar surface area (TPSA) is 41.6 Å². The van der Waals surface area contributed by atoms with Crippen LogP contribution >= 0.6 is 0 Å². The maximum atomic E-state index is 11.3. The van der Waals surface area contributed by atoms with Crippen LogP contribution in [0.5, 0.6) is 0 Å². The number of rotatable bonds is 6. The van der Waals surface area contributed by atoms with Crippen molar-refractivity contribution in [1.29, 1.82) is 0 Å². The maximum absolute atomic E-state index is 11.3. The van der Waals surface area contributed by atoms with Crippen molar-refractivity contribution in [3.63, 3.8) is 0 Å². The first-order valence-corrected chi connectivity index (χ1v) is 5.68. The number of likely N-dealkylation sites (N-methyl/N-ethyl adjacent to an activating group) is 1. The van der Waals surface area contributed by atoms with Crippen molar-refractivity contribution in [2.75, 3.05) is 32.2 Å². The Morgan fingerprint density at radius 3 is 2.65 bits per heavy atom. The van der Waals surface area contributed by atoms with Crippen LogP contribution in [0.1, 0.15) is 6.92 Å². The van der Waals surface area contributed by atoms with E-state index in [0.29, 0.717) is 6.54 Å². The van der Waals surface area contributed by atoms with Crippen molar-refractivity contribution in [3.05, 3.63) is 30.3 Å². The van der Waals surface area contributed by atoms with Gasteiger partial charge in [-0.1, -0.05) is 18.2 Å². The molecule has 0 aliphatic rings. The molecule has 0 heterocycles. The fourth-order valence-corrected chi connectivity index (χ4v) is 1.50. The third-order valence-corrected chi connectivity index (χ3v) is 2.69. The molecule has 1 amide bonds. The van der Waals surface area contributed by atoms with Gasteiger partial charge < -0.3 is 15.0 Å². The van der Waals surface area contributed by atoms with E-state index in [0.717, 1.165) is 5.69 Å². The number of benzene rings is 1. The fraction of sp³-hybridized carbons (Fsp3) is 0.462. The molecular formula is C13H20N2O2. The summed E-state index contributed by atoms with van der Waals surface area (Å²) in [6.45, 7) is 2.79. The van der Waals surface area contributed by atoms with Gasteiger partial charge in [0, 0.05) is 32.4 Å². The van der Waals surface area contributed by atoms with Gasteiger partial charge >= 0.3 is 0 Å². The zero-order valence-corrected chi connectivity index (χ0v) is 10.6. The molecule has 1 atom stereocenters. The van der Waals surface area contributed by atoms with E-state index < -0.39 is 0 Å². The lowest BCUT2D eigenvalue weighted by atomic mass is 10.2. The molecule has 0 saturated heterocycles. The molecule has 0 aliphatic carbocycles. The number of hydrogen-bond acceptors (Lipinski definition) is 3. The molecule has 0 aromatic heterocycles. The number of hydrogen-bond donors (Lipinski definition) is 1. The van der Waals surface area contributed by atoms with Gasteiger partial charge in [-0.25, -0.2) is 0 Å². The van der Waals surface area contributed by atoms with E-state index in [2.05, 4.69) is 17.1 Å². The van der Waals surface area contributed by atoms with Gasteiger partial charge in [-0.3, -0.25) is 4.79 Å². The van der Waals surface area contributed by atoms with Crippen LogP contribution in [0.2, 0.25) is 0 Å². The first kappa shape index (κ1) is 13.5. The van der Waals surface area contributed by atoms with Gasteiger partial charge in [-0.05, 0) is 19.1 Å². The van der Waals surface area contributed by atoms with E-state index in [4.69, 9.17) is 4.74 Å². The van der Waals surface area contributed by atoms with E-state index in [1.807, 2.05) is 37.4 Å². The third-order valence-electron chi connectivity index (χ3n) is 2.69. The Balaban J connectivity index is 2.42. The van der Waals surface area contributed by atoms with Crippen LogP contribution in [0.25, 0.3) is 0 Å². The van der Waals surface area contributed by atoms with Gasteiger partial charge in [0.25, 0.3) is 0 Å². The van der Waals surface area contributed by atoms with Crippen molar-refractivity contribution in [3.8, 4) is 0 Å². The van der Waals surface area contributed by atoms with Crippen molar-refractivity contribution >= 4 is 11.6 Å². The lowest BCUT2D eigenvalue weighted by molar-refractivity contribution is -0.124. The van der Waals surface area contributed by atoms with Crippen LogP contribution in [0.15, 0.2) is 30.3 Å². The maximum Gasteiger partial charge on any atom is 0.246 e. The first-order valence-electron chi connectivity index (χ1n) is 5.68. The number of nitrogens with zero attached hydrogens (tertiary/aromatic N) is 1. The van der Waals surface area contributed by atoms with Gasteiger partial charge in [-0.15, -0.1) is 0 Å². The first-order chi connectivity index (χ1) is 8.15. The smallest absolute Gasteiger partial charge is 0.246 e. The number of amides is 1. The van der Waals surface area contributed by atoms with Crippen molar-refractivity contribution in [2.45, 2.75) is 13.0 Å². The van der Waals surface area contributed by atoms with Crippen LogP contribution in [0.4, 0.5) is 5.69 Å². The summed E-state index contributed by atoms with van der Waals surface area (Å²) >= 11 is 0. The molecule has 4 nitrogen and oxygen atoms in total. The Kier molecular flexibility index (Phi) is 5.49. The largest absolute Gasteiger partial charge is 0.375 e. The Hall–Kier alpha value is -1.55. The molecule has 0 aliphatic heterocycles. The zero-order valence-electron chi connectivity index (χ0n) is 10.6. The summed E-state index contributed by atoms with van der Waals surface area (Å²) in [5.74, 6) is -0.0826. The van der Waals surface area contributed by atoms with E-state index in [1.165, 1.54) is 7.11 Å². The summed E-state index contributed by atoms with van der Waals surface area (Å²) in [5.41, 5.74) is 1.14. The summed E-state index contributed by atoms with van der Waals surface area (Å²) in [7, 11) is 3.53. The lowest BCUT2D eigenvalue weighted by Gasteiger charge is -2.27. The second kappa shape index (κ2) is 6.91. The minimum absolute atomic E-state index is 0.0826. The predicted octanol–water partition coefficient (Wildman–Crippen LogP) is 1.27. The number of carbonyl (C=O) groups is 1. The van der Waals surface area contributed by atoms with Gasteiger partial charge in [0.15, 0.2) is 0 Å². The lowest BCUT2D eigenvalue weighted by Crippen LogP contribution is -2.41. The highest BCUT2D eigenvalue weighted by Gasteiger charge is 2.10. The summed E-state index contributed by atoms with van der Waals surface area (Å²) < 4.78 is 4.76. The van der Waals surface area contributed by atoms with Crippen molar-refractivity contribution < 1.29 is 9.53 Å². The summed E-state index contributed by atoms with van der Waals surface area (Å²) in [6, 6.07) is 10.3. The molecule has 1 aromatic carbocycles. The highest BCUT2D eigenvalue weighted by Crippen LogP contribution is 2.13. The molecule has 1 aromatic rings. The van der Waals surface area contributed by atoms with Crippen LogP contribution < -0.4 is 10.2 Å². The van der Waals surface area contributed by atoms with Crippen LogP contribution in [0, 0.1) is 0 Å². The monoisotopic (exact) mass is 236 g/mol. The molecule has 94 valence electrons. The van der Waals surface area contributed by atoms with E-state index in [1.54, 1.807) is 0 Å². The molecule has 0 radical (unpaired) electrons. The molecule has 0 bridgehead atoms. The second-order valence-corrected chi connectivity index (χ2v) is 4.03. The summed E-state index contributed by atoms with van der Waals surface area (Å²) in [4.78, 5) is 13.4. The Bertz CT molecular complexity index is 341. The van der Waals surface area contributed by atoms with E-state index in [9.17, 15) is 4.79 Å². The molecule has 0 spiro atoms. The van der Waals surface area contributed by atoms with Gasteiger partial charge in [0.1, 0.15) is 6.61 Å². The number of anilines is 1. The average molecular weight is 236 g/mol. The number of methoxy groups -OCH3 is 1. The van der Waals surface area contributed by atoms with Gasteiger partial charge in [0.2, 0.25) is 5.91 Å². The molecule has 4 heteroatoms. The zero-order chi connectivity index (χ0) is 12.7. The van der Waals surface area contributed by atoms with Gasteiger partial charge in [0.05, 0.1) is 0 Å². The number of para-hydroxylation sites is 1. The standard InChI is InChI=1S/C13H20N2O2/c1-11(9-14-13(16)10-17-3)15(2)12-7-5-4-6-8-12/h4-8,11H,9-10H2,1-3H3,(H,14,16)/t11-/m1/s1. The Labute approximate surface area is 103 Å². The fourth-order valence-electron chi connectivity index (χ4n) is 1.50. The molecule has 0 fully saturated rings. The normalized spacial score (nSPS) is 11.9. The summed E-state index contributed by atoms with van der Waals surface area (Å²) in [5, 5.41) is 2.83. The number of carbonyl (C=O) groups excluding carboxylic acids is 1. The SMILES string of the molecule is COCC(=O)NC[C@@H](C)N(C)c1ccccc1. The highest BCUT2D eigenvalue weighted by molar-refractivity contribution is 5.77. The van der Waals surface area contributed by atoms with Crippen molar-refractivity contribution in [2.24, 2.45) is 0 Å². The predicted molar refractivity (Wildman–Crippen MR) is 69.2 cm³/mol. The number of nitrogens with one attached hydrogen (secondary N) is 1. The second-order valence-electron chi connectivity index (χ2n) is 4.03. The van der Waals surface area contributed by atoms with E-state index >= 15 is 0 Å². The van der Waals surface area contributed by atoms with Crippen LogP contribution in [-0.4, -0.2) is 39.3 Å². The molecule has 17 heavy (non-hydrogen) atoms. The third kappa shape index (κ3) is 4.44. The number of ether oxygens (including phenoxy) is 1. The van der Waals surface area contributed by atoms with Crippen LogP contribution in [0.3, 0.4) is 0 Å². The molecule has 1 rings (SSSR count). The minimum atomic E-state index is -0.0826. The molecular weight excluding hydrogens is 216 g/mol.